The maximum Gasteiger partial charge on any atom is 0.471 e. The molecule has 0 aliphatic heterocycles. The van der Waals surface area contributed by atoms with Crippen molar-refractivity contribution in [3.05, 3.63) is 35.9 Å². The first-order chi connectivity index (χ1) is 13.0. The molecule has 0 spiro atoms. The highest BCUT2D eigenvalue weighted by molar-refractivity contribution is 7.90. The van der Waals surface area contributed by atoms with Gasteiger partial charge in [-0.15, -0.1) is 0 Å². The normalized spacial score (nSPS) is 13.0. The van der Waals surface area contributed by atoms with Crippen molar-refractivity contribution < 1.29 is 26.1 Å². The Morgan fingerprint density at radius 2 is 2.00 bits per heavy atom. The van der Waals surface area contributed by atoms with Crippen molar-refractivity contribution in [3.63, 3.8) is 0 Å². The van der Waals surface area contributed by atoms with Crippen molar-refractivity contribution in [2.75, 3.05) is 6.54 Å². The van der Waals surface area contributed by atoms with Crippen molar-refractivity contribution >= 4 is 20.9 Å². The fourth-order valence-corrected chi connectivity index (χ4v) is 3.44. The Balaban J connectivity index is 1.84. The molecule has 1 aromatic carbocycles. The summed E-state index contributed by atoms with van der Waals surface area (Å²) < 4.78 is 70.3. The Morgan fingerprint density at radius 1 is 1.29 bits per heavy atom. The highest BCUT2D eigenvalue weighted by atomic mass is 32.2. The maximum atomic E-state index is 12.6. The third-order valence-electron chi connectivity index (χ3n) is 4.28. The Bertz CT molecular complexity index is 1100. The lowest BCUT2D eigenvalue weighted by molar-refractivity contribution is -0.159. The van der Waals surface area contributed by atoms with E-state index in [9.17, 15) is 21.6 Å². The molecule has 7 nitrogen and oxygen atoms in total. The minimum absolute atomic E-state index is 0.147. The van der Waals surface area contributed by atoms with Crippen LogP contribution in [0.3, 0.4) is 0 Å². The topological polar surface area (TPSA) is 90.0 Å². The summed E-state index contributed by atoms with van der Waals surface area (Å²) in [7, 11) is -3.35. The number of alkyl halides is 3. The monoisotopic (exact) mass is 416 g/mol. The number of fused-ring (bicyclic) bond motifs is 1. The summed E-state index contributed by atoms with van der Waals surface area (Å²) in [6.07, 6.45) is -2.84. The van der Waals surface area contributed by atoms with Gasteiger partial charge in [-0.3, -0.25) is 0 Å². The highest BCUT2D eigenvalue weighted by Gasteiger charge is 2.38. The number of hydrogen-bond donors (Lipinski definition) is 1. The summed E-state index contributed by atoms with van der Waals surface area (Å²) >= 11 is 0. The highest BCUT2D eigenvalue weighted by Crippen LogP contribution is 2.31. The minimum atomic E-state index is -4.70. The van der Waals surface area contributed by atoms with Gasteiger partial charge in [-0.05, 0) is 44.5 Å². The molecule has 2 aromatic heterocycles. The standard InChI is InChI=1S/C17H19F3N4O3S/c1-10(2)28(25,26)21-6-7-24-9-11(3)13-8-12(4-5-14(13)24)15-22-16(27-23-15)17(18,19)20/h4-5,8-10,21H,6-7H2,1-3H3. The second kappa shape index (κ2) is 7.21. The van der Waals surface area contributed by atoms with E-state index < -0.39 is 27.3 Å². The zero-order chi connectivity index (χ0) is 20.7. The number of nitrogens with zero attached hydrogens (tertiary/aromatic N) is 3. The Labute approximate surface area is 159 Å². The summed E-state index contributed by atoms with van der Waals surface area (Å²) in [5, 5.41) is 3.69. The predicted molar refractivity (Wildman–Crippen MR) is 97.0 cm³/mol. The summed E-state index contributed by atoms with van der Waals surface area (Å²) in [5.41, 5.74) is 2.11. The third kappa shape index (κ3) is 4.04. The summed E-state index contributed by atoms with van der Waals surface area (Å²) in [4.78, 5) is 3.40. The van der Waals surface area contributed by atoms with E-state index in [-0.39, 0.29) is 12.4 Å². The summed E-state index contributed by atoms with van der Waals surface area (Å²) in [5.74, 6) is -1.54. The quantitative estimate of drug-likeness (QED) is 0.666. The van der Waals surface area contributed by atoms with Crippen LogP contribution in [0.1, 0.15) is 25.3 Å². The fourth-order valence-electron chi connectivity index (χ4n) is 2.73. The van der Waals surface area contributed by atoms with Gasteiger partial charge in [0.1, 0.15) is 0 Å². The van der Waals surface area contributed by atoms with Crippen LogP contribution in [-0.4, -0.2) is 34.9 Å². The number of halogens is 3. The van der Waals surface area contributed by atoms with Crippen LogP contribution in [0.15, 0.2) is 28.9 Å². The molecule has 2 heterocycles. The molecule has 0 unspecified atom stereocenters. The number of sulfonamides is 1. The number of hydrogen-bond acceptors (Lipinski definition) is 5. The van der Waals surface area contributed by atoms with Crippen LogP contribution in [0.5, 0.6) is 0 Å². The van der Waals surface area contributed by atoms with Gasteiger partial charge in [0.25, 0.3) is 0 Å². The van der Waals surface area contributed by atoms with E-state index in [1.54, 1.807) is 32.0 Å². The number of aromatic nitrogens is 3. The molecule has 0 fully saturated rings. The second-order valence-electron chi connectivity index (χ2n) is 6.65. The molecule has 1 N–H and O–H groups in total. The van der Waals surface area contributed by atoms with Crippen molar-refractivity contribution in [1.82, 2.24) is 19.4 Å². The molecule has 0 saturated carbocycles. The third-order valence-corrected chi connectivity index (χ3v) is 6.13. The summed E-state index contributed by atoms with van der Waals surface area (Å²) in [6, 6.07) is 5.02. The maximum absolute atomic E-state index is 12.6. The Kier molecular flexibility index (Phi) is 5.24. The summed E-state index contributed by atoms with van der Waals surface area (Å²) in [6.45, 7) is 5.70. The molecular weight excluding hydrogens is 397 g/mol. The van der Waals surface area contributed by atoms with Crippen molar-refractivity contribution in [1.29, 1.82) is 0 Å². The molecule has 28 heavy (non-hydrogen) atoms. The average Bonchev–Trinajstić information content (AvgIpc) is 3.20. The number of rotatable bonds is 6. The fraction of sp³-hybridized carbons (Fsp3) is 0.412. The molecule has 152 valence electrons. The van der Waals surface area contributed by atoms with Gasteiger partial charge in [0.2, 0.25) is 15.8 Å². The molecule has 0 saturated heterocycles. The first-order valence-electron chi connectivity index (χ1n) is 8.48. The SMILES string of the molecule is Cc1cn(CCNS(=O)(=O)C(C)C)c2ccc(-c3noc(C(F)(F)F)n3)cc12. The van der Waals surface area contributed by atoms with Crippen molar-refractivity contribution in [2.24, 2.45) is 0 Å². The largest absolute Gasteiger partial charge is 0.471 e. The zero-order valence-electron chi connectivity index (χ0n) is 15.4. The molecule has 0 bridgehead atoms. The lowest BCUT2D eigenvalue weighted by Crippen LogP contribution is -2.33. The van der Waals surface area contributed by atoms with Crippen molar-refractivity contribution in [2.45, 2.75) is 38.7 Å². The van der Waals surface area contributed by atoms with E-state index in [4.69, 9.17) is 0 Å². The molecule has 0 amide bonds. The molecule has 11 heteroatoms. The Hall–Kier alpha value is -2.40. The van der Waals surface area contributed by atoms with Gasteiger partial charge in [0.15, 0.2) is 0 Å². The van der Waals surface area contributed by atoms with E-state index in [0.717, 1.165) is 16.5 Å². The lowest BCUT2D eigenvalue weighted by Gasteiger charge is -2.10. The van der Waals surface area contributed by atoms with E-state index >= 15 is 0 Å². The average molecular weight is 416 g/mol. The van der Waals surface area contributed by atoms with E-state index in [1.165, 1.54) is 0 Å². The van der Waals surface area contributed by atoms with Gasteiger partial charge in [0, 0.05) is 35.8 Å². The van der Waals surface area contributed by atoms with Crippen LogP contribution >= 0.6 is 0 Å². The molecular formula is C17H19F3N4O3S. The van der Waals surface area contributed by atoms with Crippen LogP contribution in [0, 0.1) is 6.92 Å². The zero-order valence-corrected chi connectivity index (χ0v) is 16.2. The van der Waals surface area contributed by atoms with Crippen LogP contribution < -0.4 is 4.72 Å². The van der Waals surface area contributed by atoms with E-state index in [2.05, 4.69) is 19.4 Å². The van der Waals surface area contributed by atoms with Gasteiger partial charge in [-0.2, -0.15) is 18.2 Å². The molecule has 0 aliphatic carbocycles. The van der Waals surface area contributed by atoms with Gasteiger partial charge in [-0.25, -0.2) is 13.1 Å². The molecule has 3 rings (SSSR count). The number of nitrogens with one attached hydrogen (secondary N) is 1. The first kappa shape index (κ1) is 20.3. The van der Waals surface area contributed by atoms with Crippen LogP contribution in [0.4, 0.5) is 13.2 Å². The first-order valence-corrected chi connectivity index (χ1v) is 10.0. The molecule has 3 aromatic rings. The van der Waals surface area contributed by atoms with Crippen LogP contribution in [0.2, 0.25) is 0 Å². The van der Waals surface area contributed by atoms with Crippen molar-refractivity contribution in [3.8, 4) is 11.4 Å². The lowest BCUT2D eigenvalue weighted by atomic mass is 10.1. The van der Waals surface area contributed by atoms with Crippen LogP contribution in [-0.2, 0) is 22.7 Å². The van der Waals surface area contributed by atoms with Gasteiger partial charge >= 0.3 is 12.1 Å². The molecule has 0 aliphatic rings. The predicted octanol–water partition coefficient (Wildman–Crippen LogP) is 3.35. The van der Waals surface area contributed by atoms with Gasteiger partial charge < -0.3 is 9.09 Å². The van der Waals surface area contributed by atoms with E-state index in [1.807, 2.05) is 17.7 Å². The van der Waals surface area contributed by atoms with Gasteiger partial charge in [-0.1, -0.05) is 5.16 Å². The minimum Gasteiger partial charge on any atom is -0.346 e. The Morgan fingerprint density at radius 3 is 2.61 bits per heavy atom. The van der Waals surface area contributed by atoms with Gasteiger partial charge in [0.05, 0.1) is 5.25 Å². The number of benzene rings is 1. The number of aryl methyl sites for hydroxylation is 1. The smallest absolute Gasteiger partial charge is 0.346 e. The molecule has 0 radical (unpaired) electrons. The van der Waals surface area contributed by atoms with E-state index in [0.29, 0.717) is 12.1 Å². The molecule has 0 atom stereocenters. The van der Waals surface area contributed by atoms with Crippen LogP contribution in [0.25, 0.3) is 22.3 Å². The second-order valence-corrected chi connectivity index (χ2v) is 8.97.